The molecule has 0 atom stereocenters. The molecule has 24 heavy (non-hydrogen) atoms. The molecular weight excluding hydrogens is 348 g/mol. The standard InChI is InChI=1S/C16H10N2O4S2/c19-16(14-4-2-10-24-14)22-17-15(13-3-1-9-23-13)11-5-7-12(8-6-11)18(20)21/h1-10H/b17-15+. The molecule has 0 radical (unpaired) electrons. The average Bonchev–Trinajstić information content (AvgIpc) is 3.29. The van der Waals surface area contributed by atoms with E-state index in [1.165, 1.54) is 34.8 Å². The van der Waals surface area contributed by atoms with Crippen LogP contribution in [0.3, 0.4) is 0 Å². The zero-order chi connectivity index (χ0) is 16.9. The summed E-state index contributed by atoms with van der Waals surface area (Å²) in [7, 11) is 0. The average molecular weight is 358 g/mol. The second-order valence-electron chi connectivity index (χ2n) is 4.58. The summed E-state index contributed by atoms with van der Waals surface area (Å²) in [5, 5.41) is 18.4. The molecule has 3 aromatic rings. The van der Waals surface area contributed by atoms with E-state index in [1.807, 2.05) is 17.5 Å². The van der Waals surface area contributed by atoms with Crippen LogP contribution in [-0.4, -0.2) is 16.6 Å². The third-order valence-corrected chi connectivity index (χ3v) is 4.77. The summed E-state index contributed by atoms with van der Waals surface area (Å²) in [5.74, 6) is -0.541. The van der Waals surface area contributed by atoms with Gasteiger partial charge in [-0.2, -0.15) is 0 Å². The van der Waals surface area contributed by atoms with Crippen LogP contribution in [0.1, 0.15) is 20.1 Å². The van der Waals surface area contributed by atoms with Crippen molar-refractivity contribution in [2.45, 2.75) is 0 Å². The topological polar surface area (TPSA) is 81.8 Å². The zero-order valence-electron chi connectivity index (χ0n) is 12.1. The molecule has 0 aliphatic heterocycles. The van der Waals surface area contributed by atoms with Crippen LogP contribution < -0.4 is 0 Å². The number of non-ortho nitro benzene ring substituents is 1. The van der Waals surface area contributed by atoms with Crippen LogP contribution in [0.25, 0.3) is 0 Å². The first kappa shape index (κ1) is 16.0. The predicted octanol–water partition coefficient (Wildman–Crippen LogP) is 4.33. The summed E-state index contributed by atoms with van der Waals surface area (Å²) >= 11 is 2.70. The summed E-state index contributed by atoms with van der Waals surface area (Å²) in [5.41, 5.74) is 1.06. The van der Waals surface area contributed by atoms with Gasteiger partial charge in [0.1, 0.15) is 10.6 Å². The Morgan fingerprint density at radius 3 is 2.17 bits per heavy atom. The number of hydrogen-bond donors (Lipinski definition) is 0. The van der Waals surface area contributed by atoms with Crippen molar-refractivity contribution in [3.63, 3.8) is 0 Å². The van der Waals surface area contributed by atoms with Crippen molar-refractivity contribution in [3.05, 3.63) is 84.7 Å². The fourth-order valence-corrected chi connectivity index (χ4v) is 3.24. The number of carbonyl (C=O) groups excluding carboxylic acids is 1. The van der Waals surface area contributed by atoms with Gasteiger partial charge in [-0.3, -0.25) is 10.1 Å². The van der Waals surface area contributed by atoms with Crippen LogP contribution >= 0.6 is 22.7 Å². The minimum Gasteiger partial charge on any atom is -0.311 e. The van der Waals surface area contributed by atoms with Crippen molar-refractivity contribution in [2.24, 2.45) is 5.16 Å². The Balaban J connectivity index is 1.90. The Hall–Kier alpha value is -2.84. The van der Waals surface area contributed by atoms with Gasteiger partial charge in [-0.1, -0.05) is 17.3 Å². The van der Waals surface area contributed by atoms with E-state index >= 15 is 0 Å². The summed E-state index contributed by atoms with van der Waals surface area (Å²) < 4.78 is 0. The van der Waals surface area contributed by atoms with E-state index in [9.17, 15) is 14.9 Å². The number of thiophene rings is 2. The van der Waals surface area contributed by atoms with Crippen LogP contribution in [0, 0.1) is 10.1 Å². The van der Waals surface area contributed by atoms with Gasteiger partial charge in [0.15, 0.2) is 0 Å². The maximum Gasteiger partial charge on any atom is 0.375 e. The van der Waals surface area contributed by atoms with Crippen LogP contribution in [0.15, 0.2) is 64.4 Å². The predicted molar refractivity (Wildman–Crippen MR) is 92.8 cm³/mol. The summed E-state index contributed by atoms with van der Waals surface area (Å²) in [6.07, 6.45) is 0. The van der Waals surface area contributed by atoms with E-state index in [0.29, 0.717) is 16.2 Å². The van der Waals surface area contributed by atoms with Gasteiger partial charge in [0.05, 0.1) is 9.80 Å². The van der Waals surface area contributed by atoms with Gasteiger partial charge in [-0.15, -0.1) is 22.7 Å². The van der Waals surface area contributed by atoms with Gasteiger partial charge >= 0.3 is 5.97 Å². The molecule has 0 amide bonds. The molecule has 0 saturated heterocycles. The molecule has 2 heterocycles. The van der Waals surface area contributed by atoms with E-state index in [0.717, 1.165) is 4.88 Å². The van der Waals surface area contributed by atoms with Gasteiger partial charge in [0.2, 0.25) is 0 Å². The first-order chi connectivity index (χ1) is 11.6. The Morgan fingerprint density at radius 2 is 1.62 bits per heavy atom. The second-order valence-corrected chi connectivity index (χ2v) is 6.47. The number of nitro groups is 1. The molecule has 120 valence electrons. The Kier molecular flexibility index (Phi) is 4.78. The van der Waals surface area contributed by atoms with Gasteiger partial charge in [0, 0.05) is 17.7 Å². The number of nitro benzene ring substituents is 1. The minimum atomic E-state index is -0.541. The number of oxime groups is 1. The lowest BCUT2D eigenvalue weighted by Gasteiger charge is -2.04. The highest BCUT2D eigenvalue weighted by Gasteiger charge is 2.14. The molecule has 0 N–H and O–H groups in total. The monoisotopic (exact) mass is 358 g/mol. The molecule has 6 nitrogen and oxygen atoms in total. The van der Waals surface area contributed by atoms with E-state index in [1.54, 1.807) is 29.6 Å². The third-order valence-electron chi connectivity index (χ3n) is 3.05. The zero-order valence-corrected chi connectivity index (χ0v) is 13.8. The SMILES string of the molecule is O=C(O/N=C(\c1ccc([N+](=O)[O-])cc1)c1cccs1)c1cccs1. The molecule has 2 aromatic heterocycles. The van der Waals surface area contributed by atoms with Crippen molar-refractivity contribution in [1.29, 1.82) is 0 Å². The second kappa shape index (κ2) is 7.16. The molecule has 0 spiro atoms. The number of carbonyl (C=O) groups is 1. The van der Waals surface area contributed by atoms with Gasteiger partial charge in [0.25, 0.3) is 5.69 Å². The number of benzene rings is 1. The normalized spacial score (nSPS) is 11.2. The van der Waals surface area contributed by atoms with E-state index in [-0.39, 0.29) is 5.69 Å². The Bertz CT molecular complexity index is 869. The van der Waals surface area contributed by atoms with E-state index < -0.39 is 10.9 Å². The van der Waals surface area contributed by atoms with Gasteiger partial charge in [-0.25, -0.2) is 4.79 Å². The fourth-order valence-electron chi connectivity index (χ4n) is 1.92. The number of nitrogens with zero attached hydrogens (tertiary/aromatic N) is 2. The molecule has 0 fully saturated rings. The van der Waals surface area contributed by atoms with Crippen molar-refractivity contribution in [3.8, 4) is 0 Å². The van der Waals surface area contributed by atoms with Crippen LogP contribution in [0.4, 0.5) is 5.69 Å². The Morgan fingerprint density at radius 1 is 1.00 bits per heavy atom. The van der Waals surface area contributed by atoms with Crippen molar-refractivity contribution < 1.29 is 14.6 Å². The fraction of sp³-hybridized carbons (Fsp3) is 0. The highest BCUT2D eigenvalue weighted by Crippen LogP contribution is 2.20. The lowest BCUT2D eigenvalue weighted by atomic mass is 10.1. The highest BCUT2D eigenvalue weighted by molar-refractivity contribution is 7.12. The van der Waals surface area contributed by atoms with Crippen LogP contribution in [0.2, 0.25) is 0 Å². The lowest BCUT2D eigenvalue weighted by molar-refractivity contribution is -0.384. The van der Waals surface area contributed by atoms with Gasteiger partial charge in [-0.05, 0) is 35.0 Å². The molecule has 1 aromatic carbocycles. The molecule has 8 heteroatoms. The molecule has 0 aliphatic carbocycles. The van der Waals surface area contributed by atoms with Crippen molar-refractivity contribution in [1.82, 2.24) is 0 Å². The highest BCUT2D eigenvalue weighted by atomic mass is 32.1. The molecule has 0 aliphatic rings. The minimum absolute atomic E-state index is 0.0140. The first-order valence-corrected chi connectivity index (χ1v) is 8.52. The molecule has 0 bridgehead atoms. The summed E-state index contributed by atoms with van der Waals surface area (Å²) in [4.78, 5) is 28.5. The van der Waals surface area contributed by atoms with Crippen LogP contribution in [-0.2, 0) is 4.84 Å². The first-order valence-electron chi connectivity index (χ1n) is 6.76. The Labute approximate surface area is 144 Å². The maximum absolute atomic E-state index is 11.9. The third kappa shape index (κ3) is 3.55. The van der Waals surface area contributed by atoms with Crippen molar-refractivity contribution in [2.75, 3.05) is 0 Å². The number of hydrogen-bond acceptors (Lipinski definition) is 7. The maximum atomic E-state index is 11.9. The molecule has 0 unspecified atom stereocenters. The largest absolute Gasteiger partial charge is 0.375 e. The molecule has 0 saturated carbocycles. The van der Waals surface area contributed by atoms with E-state index in [2.05, 4.69) is 5.16 Å². The van der Waals surface area contributed by atoms with Gasteiger partial charge < -0.3 is 4.84 Å². The molecule has 3 rings (SSSR count). The van der Waals surface area contributed by atoms with Crippen molar-refractivity contribution >= 4 is 40.0 Å². The van der Waals surface area contributed by atoms with Crippen LogP contribution in [0.5, 0.6) is 0 Å². The molecular formula is C16H10N2O4S2. The quantitative estimate of drug-likeness (QED) is 0.294. The smallest absolute Gasteiger partial charge is 0.311 e. The summed E-state index contributed by atoms with van der Waals surface area (Å²) in [6, 6.07) is 13.0. The van der Waals surface area contributed by atoms with E-state index in [4.69, 9.17) is 4.84 Å². The number of rotatable bonds is 5. The summed E-state index contributed by atoms with van der Waals surface area (Å²) in [6.45, 7) is 0. The lowest BCUT2D eigenvalue weighted by Crippen LogP contribution is -2.06.